The van der Waals surface area contributed by atoms with Gasteiger partial charge in [0.05, 0.1) is 16.9 Å². The summed E-state index contributed by atoms with van der Waals surface area (Å²) in [6.45, 7) is 0. The third-order valence-electron chi connectivity index (χ3n) is 2.90. The predicted molar refractivity (Wildman–Crippen MR) is 88.6 cm³/mol. The first-order chi connectivity index (χ1) is 9.22. The zero-order valence-electron chi connectivity index (χ0n) is 10.1. The van der Waals surface area contributed by atoms with E-state index in [1.54, 1.807) is 6.20 Å². The lowest BCUT2D eigenvalue weighted by molar-refractivity contribution is 1.41. The van der Waals surface area contributed by atoms with Gasteiger partial charge < -0.3 is 11.1 Å². The largest absolute Gasteiger partial charge is 0.397 e. The topological polar surface area (TPSA) is 50.9 Å². The number of nitrogens with one attached hydrogen (secondary N) is 1. The van der Waals surface area contributed by atoms with Crippen LogP contribution in [0.1, 0.15) is 0 Å². The lowest BCUT2D eigenvalue weighted by Gasteiger charge is -2.10. The van der Waals surface area contributed by atoms with E-state index >= 15 is 0 Å². The molecule has 3 N–H and O–H groups in total. The van der Waals surface area contributed by atoms with Crippen molar-refractivity contribution in [3.05, 3.63) is 58.3 Å². The Morgan fingerprint density at radius 1 is 1.05 bits per heavy atom. The van der Waals surface area contributed by atoms with E-state index < -0.39 is 0 Å². The van der Waals surface area contributed by atoms with E-state index in [1.807, 2.05) is 42.5 Å². The van der Waals surface area contributed by atoms with E-state index in [-0.39, 0.29) is 0 Å². The second-order valence-electron chi connectivity index (χ2n) is 4.27. The summed E-state index contributed by atoms with van der Waals surface area (Å²) in [4.78, 5) is 4.31. The molecule has 0 aliphatic heterocycles. The summed E-state index contributed by atoms with van der Waals surface area (Å²) in [6.07, 6.45) is 1.80. The van der Waals surface area contributed by atoms with E-state index in [4.69, 9.17) is 5.73 Å². The van der Waals surface area contributed by atoms with Crippen LogP contribution in [0.3, 0.4) is 0 Å². The van der Waals surface area contributed by atoms with E-state index in [1.165, 1.54) is 0 Å². The molecule has 0 spiro atoms. The van der Waals surface area contributed by atoms with Crippen molar-refractivity contribution in [2.45, 2.75) is 0 Å². The fraction of sp³-hybridized carbons (Fsp3) is 0. The van der Waals surface area contributed by atoms with Crippen LogP contribution in [0.25, 0.3) is 10.9 Å². The molecule has 3 nitrogen and oxygen atoms in total. The molecule has 0 aliphatic carbocycles. The molecule has 2 aromatic carbocycles. The fourth-order valence-electron chi connectivity index (χ4n) is 1.96. The van der Waals surface area contributed by atoms with Gasteiger partial charge in [-0.2, -0.15) is 0 Å². The van der Waals surface area contributed by atoms with Crippen LogP contribution in [0.4, 0.5) is 17.1 Å². The van der Waals surface area contributed by atoms with Crippen LogP contribution >= 0.6 is 22.6 Å². The van der Waals surface area contributed by atoms with Gasteiger partial charge in [-0.1, -0.05) is 6.07 Å². The van der Waals surface area contributed by atoms with Crippen molar-refractivity contribution in [1.29, 1.82) is 0 Å². The molecule has 0 unspecified atom stereocenters. The number of nitrogens with two attached hydrogens (primary N) is 1. The molecule has 0 fully saturated rings. The molecule has 0 bridgehead atoms. The number of anilines is 3. The number of pyridine rings is 1. The monoisotopic (exact) mass is 361 g/mol. The first-order valence-corrected chi connectivity index (χ1v) is 6.97. The normalized spacial score (nSPS) is 10.6. The minimum absolute atomic E-state index is 0.748. The fourth-order valence-corrected chi connectivity index (χ4v) is 2.47. The molecule has 0 aliphatic rings. The van der Waals surface area contributed by atoms with Crippen LogP contribution < -0.4 is 11.1 Å². The molecule has 1 heterocycles. The molecule has 19 heavy (non-hydrogen) atoms. The van der Waals surface area contributed by atoms with Gasteiger partial charge in [0.2, 0.25) is 0 Å². The molecule has 4 heteroatoms. The van der Waals surface area contributed by atoms with Crippen molar-refractivity contribution in [3.8, 4) is 0 Å². The van der Waals surface area contributed by atoms with E-state index in [9.17, 15) is 0 Å². The van der Waals surface area contributed by atoms with Gasteiger partial charge >= 0.3 is 0 Å². The maximum absolute atomic E-state index is 6.00. The molecule has 0 saturated carbocycles. The van der Waals surface area contributed by atoms with E-state index in [2.05, 4.69) is 39.0 Å². The third kappa shape index (κ3) is 2.63. The summed E-state index contributed by atoms with van der Waals surface area (Å²) >= 11 is 2.25. The molecule has 3 aromatic rings. The Bertz CT molecular complexity index is 740. The summed E-state index contributed by atoms with van der Waals surface area (Å²) in [5, 5.41) is 4.44. The number of halogens is 1. The molecule has 3 rings (SSSR count). The quantitative estimate of drug-likeness (QED) is 0.532. The molecular formula is C15H12IN3. The van der Waals surface area contributed by atoms with Crippen molar-refractivity contribution in [1.82, 2.24) is 4.98 Å². The van der Waals surface area contributed by atoms with E-state index in [0.717, 1.165) is 31.5 Å². The zero-order valence-corrected chi connectivity index (χ0v) is 12.3. The van der Waals surface area contributed by atoms with Crippen molar-refractivity contribution in [2.75, 3.05) is 11.1 Å². The number of benzene rings is 2. The van der Waals surface area contributed by atoms with Crippen molar-refractivity contribution in [2.24, 2.45) is 0 Å². The van der Waals surface area contributed by atoms with Gasteiger partial charge in [0.25, 0.3) is 0 Å². The lowest BCUT2D eigenvalue weighted by atomic mass is 10.2. The Morgan fingerprint density at radius 2 is 1.95 bits per heavy atom. The molecule has 94 valence electrons. The van der Waals surface area contributed by atoms with Crippen LogP contribution in [0, 0.1) is 3.57 Å². The minimum Gasteiger partial charge on any atom is -0.397 e. The third-order valence-corrected chi connectivity index (χ3v) is 3.57. The van der Waals surface area contributed by atoms with Crippen LogP contribution in [0.15, 0.2) is 54.7 Å². The summed E-state index contributed by atoms with van der Waals surface area (Å²) in [6, 6.07) is 16.0. The minimum atomic E-state index is 0.748. The van der Waals surface area contributed by atoms with Gasteiger partial charge in [0, 0.05) is 20.8 Å². The number of hydrogen-bond donors (Lipinski definition) is 2. The molecule has 0 saturated heterocycles. The number of rotatable bonds is 2. The maximum atomic E-state index is 6.00. The first kappa shape index (κ1) is 12.2. The highest BCUT2D eigenvalue weighted by atomic mass is 127. The van der Waals surface area contributed by atoms with Gasteiger partial charge in [-0.25, -0.2) is 0 Å². The average Bonchev–Trinajstić information content (AvgIpc) is 2.42. The highest BCUT2D eigenvalue weighted by Gasteiger charge is 2.01. The molecule has 0 amide bonds. The number of hydrogen-bond acceptors (Lipinski definition) is 3. The summed E-state index contributed by atoms with van der Waals surface area (Å²) in [7, 11) is 0. The standard InChI is InChI=1S/C15H12IN3/c16-11-3-5-15(13(17)9-11)19-12-4-6-14-10(8-12)2-1-7-18-14/h1-9,19H,17H2. The lowest BCUT2D eigenvalue weighted by Crippen LogP contribution is -1.96. The van der Waals surface area contributed by atoms with Crippen LogP contribution in [-0.2, 0) is 0 Å². The molecule has 0 atom stereocenters. The number of aromatic nitrogens is 1. The van der Waals surface area contributed by atoms with Gasteiger partial charge in [-0.3, -0.25) is 4.98 Å². The Morgan fingerprint density at radius 3 is 2.79 bits per heavy atom. The Hall–Kier alpha value is -1.82. The van der Waals surface area contributed by atoms with Crippen LogP contribution in [-0.4, -0.2) is 4.98 Å². The predicted octanol–water partition coefficient (Wildman–Crippen LogP) is 4.17. The van der Waals surface area contributed by atoms with Gasteiger partial charge in [-0.05, 0) is 65.1 Å². The zero-order chi connectivity index (χ0) is 13.2. The SMILES string of the molecule is Nc1cc(I)ccc1Nc1ccc2ncccc2c1. The van der Waals surface area contributed by atoms with Crippen LogP contribution in [0.2, 0.25) is 0 Å². The second kappa shape index (κ2) is 5.05. The Labute approximate surface area is 125 Å². The molecule has 0 radical (unpaired) electrons. The van der Waals surface area contributed by atoms with Gasteiger partial charge in [0.1, 0.15) is 0 Å². The Kier molecular flexibility index (Phi) is 3.25. The molecular weight excluding hydrogens is 349 g/mol. The molecule has 1 aromatic heterocycles. The van der Waals surface area contributed by atoms with Crippen molar-refractivity contribution >= 4 is 50.6 Å². The number of fused-ring (bicyclic) bond motifs is 1. The summed E-state index contributed by atoms with van der Waals surface area (Å²) in [5.74, 6) is 0. The van der Waals surface area contributed by atoms with E-state index in [0.29, 0.717) is 0 Å². The van der Waals surface area contributed by atoms with Gasteiger partial charge in [0.15, 0.2) is 0 Å². The van der Waals surface area contributed by atoms with Crippen LogP contribution in [0.5, 0.6) is 0 Å². The number of nitrogen functional groups attached to an aromatic ring is 1. The average molecular weight is 361 g/mol. The second-order valence-corrected chi connectivity index (χ2v) is 5.51. The first-order valence-electron chi connectivity index (χ1n) is 5.89. The van der Waals surface area contributed by atoms with Crippen molar-refractivity contribution in [3.63, 3.8) is 0 Å². The maximum Gasteiger partial charge on any atom is 0.0703 e. The van der Waals surface area contributed by atoms with Gasteiger partial charge in [-0.15, -0.1) is 0 Å². The smallest absolute Gasteiger partial charge is 0.0703 e. The van der Waals surface area contributed by atoms with Crippen molar-refractivity contribution < 1.29 is 0 Å². The highest BCUT2D eigenvalue weighted by molar-refractivity contribution is 14.1. The Balaban J connectivity index is 1.96. The highest BCUT2D eigenvalue weighted by Crippen LogP contribution is 2.26. The summed E-state index contributed by atoms with van der Waals surface area (Å²) < 4.78 is 1.13. The number of nitrogens with zero attached hydrogens (tertiary/aromatic N) is 1. The summed E-state index contributed by atoms with van der Waals surface area (Å²) in [5.41, 5.74) is 9.67.